The summed E-state index contributed by atoms with van der Waals surface area (Å²) in [5.74, 6) is 5.71. The lowest BCUT2D eigenvalue weighted by Crippen LogP contribution is -2.59. The Balaban J connectivity index is 2.63. The summed E-state index contributed by atoms with van der Waals surface area (Å²) in [5, 5.41) is 0. The van der Waals surface area contributed by atoms with Crippen molar-refractivity contribution < 1.29 is 0 Å². The van der Waals surface area contributed by atoms with Crippen LogP contribution in [0.15, 0.2) is 0 Å². The first-order valence-electron chi connectivity index (χ1n) is 6.84. The molecule has 1 aliphatic heterocycles. The molecule has 0 aromatic rings. The first kappa shape index (κ1) is 13.9. The fourth-order valence-electron chi connectivity index (χ4n) is 2.80. The Kier molecular flexibility index (Phi) is 5.73. The maximum Gasteiger partial charge on any atom is 0.0389 e. The standard InChI is InChI=1S/C13H29N3/c1-4-9-12(15-14)13(2,3)16-10-7-5-6-8-11-16/h12,15H,4-11,14H2,1-3H3. The van der Waals surface area contributed by atoms with E-state index in [1.807, 2.05) is 0 Å². The number of nitrogens with zero attached hydrogens (tertiary/aromatic N) is 1. The zero-order valence-corrected chi connectivity index (χ0v) is 11.3. The smallest absolute Gasteiger partial charge is 0.0389 e. The lowest BCUT2D eigenvalue weighted by atomic mass is 9.89. The molecule has 3 N–H and O–H groups in total. The van der Waals surface area contributed by atoms with Gasteiger partial charge in [0.2, 0.25) is 0 Å². The molecule has 1 atom stereocenters. The van der Waals surface area contributed by atoms with E-state index in [9.17, 15) is 0 Å². The second kappa shape index (κ2) is 6.58. The van der Waals surface area contributed by atoms with Gasteiger partial charge in [-0.2, -0.15) is 0 Å². The lowest BCUT2D eigenvalue weighted by Gasteiger charge is -2.43. The molecule has 0 aliphatic carbocycles. The molecule has 1 fully saturated rings. The Morgan fingerprint density at radius 1 is 1.19 bits per heavy atom. The molecule has 0 aromatic carbocycles. The molecule has 0 spiro atoms. The first-order valence-corrected chi connectivity index (χ1v) is 6.84. The summed E-state index contributed by atoms with van der Waals surface area (Å²) in [5.41, 5.74) is 3.19. The van der Waals surface area contributed by atoms with Crippen LogP contribution in [0.4, 0.5) is 0 Å². The molecule has 1 unspecified atom stereocenters. The Bertz CT molecular complexity index is 184. The van der Waals surface area contributed by atoms with E-state index in [1.165, 1.54) is 45.2 Å². The van der Waals surface area contributed by atoms with Crippen molar-refractivity contribution in [2.24, 2.45) is 5.84 Å². The van der Waals surface area contributed by atoms with Crippen LogP contribution in [0.5, 0.6) is 0 Å². The third-order valence-corrected chi connectivity index (χ3v) is 4.05. The Morgan fingerprint density at radius 2 is 1.75 bits per heavy atom. The van der Waals surface area contributed by atoms with Crippen LogP contribution in [0.1, 0.15) is 59.3 Å². The van der Waals surface area contributed by atoms with E-state index in [4.69, 9.17) is 5.84 Å². The van der Waals surface area contributed by atoms with Gasteiger partial charge in [-0.25, -0.2) is 0 Å². The molecule has 3 heteroatoms. The van der Waals surface area contributed by atoms with Gasteiger partial charge < -0.3 is 0 Å². The summed E-state index contributed by atoms with van der Waals surface area (Å²) >= 11 is 0. The van der Waals surface area contributed by atoms with Crippen LogP contribution in [0.25, 0.3) is 0 Å². The van der Waals surface area contributed by atoms with Gasteiger partial charge in [-0.1, -0.05) is 26.2 Å². The molecular formula is C13H29N3. The fourth-order valence-corrected chi connectivity index (χ4v) is 2.80. The quantitative estimate of drug-likeness (QED) is 0.559. The number of hydrogen-bond acceptors (Lipinski definition) is 3. The van der Waals surface area contributed by atoms with Gasteiger partial charge in [-0.15, -0.1) is 0 Å². The number of likely N-dealkylation sites (tertiary alicyclic amines) is 1. The van der Waals surface area contributed by atoms with Crippen LogP contribution in [0, 0.1) is 0 Å². The van der Waals surface area contributed by atoms with Crippen LogP contribution in [-0.2, 0) is 0 Å². The number of nitrogens with one attached hydrogen (secondary N) is 1. The molecule has 16 heavy (non-hydrogen) atoms. The van der Waals surface area contributed by atoms with Crippen LogP contribution in [-0.4, -0.2) is 29.6 Å². The SMILES string of the molecule is CCCC(NN)C(C)(C)N1CCCCCC1. The summed E-state index contributed by atoms with van der Waals surface area (Å²) in [6.07, 6.45) is 7.80. The van der Waals surface area contributed by atoms with E-state index < -0.39 is 0 Å². The first-order chi connectivity index (χ1) is 7.62. The Hall–Kier alpha value is -0.120. The van der Waals surface area contributed by atoms with Crippen molar-refractivity contribution in [3.63, 3.8) is 0 Å². The highest BCUT2D eigenvalue weighted by Crippen LogP contribution is 2.25. The summed E-state index contributed by atoms with van der Waals surface area (Å²) in [6, 6.07) is 0.399. The Morgan fingerprint density at radius 3 is 2.19 bits per heavy atom. The van der Waals surface area contributed by atoms with Gasteiger partial charge in [0.05, 0.1) is 0 Å². The van der Waals surface area contributed by atoms with E-state index >= 15 is 0 Å². The van der Waals surface area contributed by atoms with Gasteiger partial charge in [0.25, 0.3) is 0 Å². The molecule has 0 bridgehead atoms. The molecule has 1 saturated heterocycles. The van der Waals surface area contributed by atoms with Crippen molar-refractivity contribution in [1.29, 1.82) is 0 Å². The molecule has 0 aromatic heterocycles. The third-order valence-electron chi connectivity index (χ3n) is 4.05. The highest BCUT2D eigenvalue weighted by Gasteiger charge is 2.34. The van der Waals surface area contributed by atoms with Gasteiger partial charge in [0.15, 0.2) is 0 Å². The molecule has 1 aliphatic rings. The molecular weight excluding hydrogens is 198 g/mol. The second-order valence-corrected chi connectivity index (χ2v) is 5.56. The summed E-state index contributed by atoms with van der Waals surface area (Å²) in [7, 11) is 0. The largest absolute Gasteiger partial charge is 0.297 e. The summed E-state index contributed by atoms with van der Waals surface area (Å²) in [4.78, 5) is 2.63. The summed E-state index contributed by atoms with van der Waals surface area (Å²) in [6.45, 7) is 9.35. The highest BCUT2D eigenvalue weighted by molar-refractivity contribution is 4.92. The molecule has 1 rings (SSSR count). The number of hydrogen-bond donors (Lipinski definition) is 2. The molecule has 0 amide bonds. The van der Waals surface area contributed by atoms with Crippen LogP contribution in [0.3, 0.4) is 0 Å². The minimum absolute atomic E-state index is 0.176. The minimum atomic E-state index is 0.176. The fraction of sp³-hybridized carbons (Fsp3) is 1.00. The van der Waals surface area contributed by atoms with Gasteiger partial charge >= 0.3 is 0 Å². The average molecular weight is 227 g/mol. The number of hydrazine groups is 1. The van der Waals surface area contributed by atoms with Crippen molar-refractivity contribution >= 4 is 0 Å². The monoisotopic (exact) mass is 227 g/mol. The number of nitrogens with two attached hydrogens (primary N) is 1. The van der Waals surface area contributed by atoms with Crippen molar-refractivity contribution in [2.45, 2.75) is 70.9 Å². The van der Waals surface area contributed by atoms with Crippen molar-refractivity contribution in [3.05, 3.63) is 0 Å². The van der Waals surface area contributed by atoms with Gasteiger partial charge in [-0.3, -0.25) is 16.2 Å². The normalized spacial score (nSPS) is 21.8. The Labute approximate surface area is 101 Å². The average Bonchev–Trinajstić information content (AvgIpc) is 2.54. The minimum Gasteiger partial charge on any atom is -0.297 e. The van der Waals surface area contributed by atoms with Gasteiger partial charge in [0.1, 0.15) is 0 Å². The van der Waals surface area contributed by atoms with E-state index in [-0.39, 0.29) is 5.54 Å². The van der Waals surface area contributed by atoms with Crippen molar-refractivity contribution in [1.82, 2.24) is 10.3 Å². The van der Waals surface area contributed by atoms with E-state index in [0.717, 1.165) is 6.42 Å². The maximum atomic E-state index is 5.71. The topological polar surface area (TPSA) is 41.3 Å². The van der Waals surface area contributed by atoms with Crippen LogP contribution in [0.2, 0.25) is 0 Å². The second-order valence-electron chi connectivity index (χ2n) is 5.56. The summed E-state index contributed by atoms with van der Waals surface area (Å²) < 4.78 is 0. The van der Waals surface area contributed by atoms with E-state index in [1.54, 1.807) is 0 Å². The van der Waals surface area contributed by atoms with Crippen LogP contribution >= 0.6 is 0 Å². The molecule has 3 nitrogen and oxygen atoms in total. The number of rotatable bonds is 5. The molecule has 0 radical (unpaired) electrons. The van der Waals surface area contributed by atoms with Crippen molar-refractivity contribution in [3.8, 4) is 0 Å². The predicted octanol–water partition coefficient (Wildman–Crippen LogP) is 2.27. The zero-order chi connectivity index (χ0) is 12.0. The van der Waals surface area contributed by atoms with Gasteiger partial charge in [-0.05, 0) is 46.2 Å². The van der Waals surface area contributed by atoms with E-state index in [2.05, 4.69) is 31.1 Å². The third kappa shape index (κ3) is 3.44. The molecule has 96 valence electrons. The van der Waals surface area contributed by atoms with Gasteiger partial charge in [0, 0.05) is 11.6 Å². The lowest BCUT2D eigenvalue weighted by molar-refractivity contribution is 0.0797. The highest BCUT2D eigenvalue weighted by atomic mass is 15.3. The van der Waals surface area contributed by atoms with Crippen molar-refractivity contribution in [2.75, 3.05) is 13.1 Å². The molecule has 0 saturated carbocycles. The molecule has 1 heterocycles. The maximum absolute atomic E-state index is 5.71. The van der Waals surface area contributed by atoms with E-state index in [0.29, 0.717) is 6.04 Å². The zero-order valence-electron chi connectivity index (χ0n) is 11.3. The van der Waals surface area contributed by atoms with Crippen LogP contribution < -0.4 is 11.3 Å². The predicted molar refractivity (Wildman–Crippen MR) is 70.1 cm³/mol.